The summed E-state index contributed by atoms with van der Waals surface area (Å²) in [6, 6.07) is 8.28. The van der Waals surface area contributed by atoms with Crippen molar-refractivity contribution >= 4 is 40.9 Å². The first-order chi connectivity index (χ1) is 14.6. The van der Waals surface area contributed by atoms with Gasteiger partial charge in [0.15, 0.2) is 0 Å². The SMILES string of the molecule is O=C(c1cccnc1Oc1cc(Cl)ccc1Cl)N1C=CSC(CC2=CC=CCC2)=C1. The molecule has 152 valence electrons. The third kappa shape index (κ3) is 4.98. The van der Waals surface area contributed by atoms with Crippen molar-refractivity contribution in [3.63, 3.8) is 0 Å². The number of allylic oxidation sites excluding steroid dienone is 5. The summed E-state index contributed by atoms with van der Waals surface area (Å²) in [5.74, 6) is 0.284. The second kappa shape index (κ2) is 9.56. The van der Waals surface area contributed by atoms with Crippen molar-refractivity contribution in [2.75, 3.05) is 0 Å². The molecule has 1 aromatic carbocycles. The second-order valence-electron chi connectivity index (χ2n) is 6.71. The summed E-state index contributed by atoms with van der Waals surface area (Å²) in [6.07, 6.45) is 14.5. The molecule has 0 saturated heterocycles. The first-order valence-electron chi connectivity index (χ1n) is 9.39. The third-order valence-electron chi connectivity index (χ3n) is 4.56. The Morgan fingerprint density at radius 2 is 2.17 bits per heavy atom. The molecule has 0 spiro atoms. The molecule has 30 heavy (non-hydrogen) atoms. The van der Waals surface area contributed by atoms with Gasteiger partial charge in [0, 0.05) is 41.0 Å². The number of rotatable bonds is 5. The summed E-state index contributed by atoms with van der Waals surface area (Å²) >= 11 is 13.9. The number of amides is 1. The van der Waals surface area contributed by atoms with Gasteiger partial charge in [0.1, 0.15) is 11.3 Å². The smallest absolute Gasteiger partial charge is 0.267 e. The molecule has 7 heteroatoms. The van der Waals surface area contributed by atoms with E-state index >= 15 is 0 Å². The van der Waals surface area contributed by atoms with E-state index in [0.29, 0.717) is 21.4 Å². The van der Waals surface area contributed by atoms with Crippen molar-refractivity contribution in [2.24, 2.45) is 0 Å². The maximum atomic E-state index is 13.2. The zero-order valence-corrected chi connectivity index (χ0v) is 18.3. The average molecular weight is 457 g/mol. The van der Waals surface area contributed by atoms with Crippen LogP contribution in [0, 0.1) is 0 Å². The number of ether oxygens (including phenoxy) is 1. The molecule has 2 aliphatic rings. The Morgan fingerprint density at radius 1 is 1.27 bits per heavy atom. The molecule has 0 radical (unpaired) electrons. The van der Waals surface area contributed by atoms with Gasteiger partial charge in [-0.1, -0.05) is 58.8 Å². The maximum Gasteiger partial charge on any atom is 0.267 e. The highest BCUT2D eigenvalue weighted by atomic mass is 35.5. The monoisotopic (exact) mass is 456 g/mol. The Bertz CT molecular complexity index is 1090. The van der Waals surface area contributed by atoms with Crippen LogP contribution in [0.25, 0.3) is 0 Å². The van der Waals surface area contributed by atoms with Crippen LogP contribution in [0.5, 0.6) is 11.6 Å². The van der Waals surface area contributed by atoms with Crippen LogP contribution in [0.4, 0.5) is 0 Å². The number of hydrogen-bond donors (Lipinski definition) is 0. The number of aromatic nitrogens is 1. The Kier molecular flexibility index (Phi) is 6.62. The van der Waals surface area contributed by atoms with Crippen LogP contribution in [0.3, 0.4) is 0 Å². The highest BCUT2D eigenvalue weighted by molar-refractivity contribution is 8.05. The summed E-state index contributed by atoms with van der Waals surface area (Å²) in [6.45, 7) is 0. The Hall–Kier alpha value is -2.47. The van der Waals surface area contributed by atoms with Crippen molar-refractivity contribution in [2.45, 2.75) is 19.3 Å². The lowest BCUT2D eigenvalue weighted by atomic mass is 10.0. The molecular weight excluding hydrogens is 439 g/mol. The van der Waals surface area contributed by atoms with Gasteiger partial charge in [-0.3, -0.25) is 9.69 Å². The highest BCUT2D eigenvalue weighted by Crippen LogP contribution is 2.34. The summed E-state index contributed by atoms with van der Waals surface area (Å²) < 4.78 is 5.84. The molecule has 0 saturated carbocycles. The number of thioether (sulfide) groups is 1. The minimum Gasteiger partial charge on any atom is -0.437 e. The van der Waals surface area contributed by atoms with Gasteiger partial charge in [-0.25, -0.2) is 4.98 Å². The fourth-order valence-corrected chi connectivity index (χ4v) is 4.21. The molecule has 0 unspecified atom stereocenters. The molecule has 1 amide bonds. The predicted molar refractivity (Wildman–Crippen MR) is 123 cm³/mol. The number of carbonyl (C=O) groups excluding carboxylic acids is 1. The molecule has 1 aliphatic carbocycles. The molecule has 0 bridgehead atoms. The van der Waals surface area contributed by atoms with Gasteiger partial charge in [-0.05, 0) is 42.5 Å². The van der Waals surface area contributed by atoms with Gasteiger partial charge in [0.2, 0.25) is 5.88 Å². The van der Waals surface area contributed by atoms with Crippen LogP contribution < -0.4 is 4.74 Å². The van der Waals surface area contributed by atoms with E-state index in [1.165, 1.54) is 5.57 Å². The highest BCUT2D eigenvalue weighted by Gasteiger charge is 2.21. The van der Waals surface area contributed by atoms with Crippen molar-refractivity contribution in [3.05, 3.63) is 98.7 Å². The molecule has 2 aromatic rings. The summed E-state index contributed by atoms with van der Waals surface area (Å²) in [7, 11) is 0. The van der Waals surface area contributed by atoms with Crippen molar-refractivity contribution in [1.29, 1.82) is 0 Å². The van der Waals surface area contributed by atoms with Crippen LogP contribution in [0.15, 0.2) is 83.0 Å². The Morgan fingerprint density at radius 3 is 3.00 bits per heavy atom. The standard InChI is InChI=1S/C23H18Cl2N2O2S/c24-17-8-9-20(25)21(14-17)29-22-19(7-4-10-26-22)23(28)27-11-12-30-18(15-27)13-16-5-2-1-3-6-16/h1-2,4-5,7-12,14-15H,3,6,13H2. The van der Waals surface area contributed by atoms with Crippen molar-refractivity contribution < 1.29 is 9.53 Å². The average Bonchev–Trinajstić information content (AvgIpc) is 2.77. The van der Waals surface area contributed by atoms with Crippen molar-refractivity contribution in [1.82, 2.24) is 9.88 Å². The third-order valence-corrected chi connectivity index (χ3v) is 5.92. The van der Waals surface area contributed by atoms with Gasteiger partial charge >= 0.3 is 0 Å². The summed E-state index contributed by atoms with van der Waals surface area (Å²) in [4.78, 5) is 20.1. The zero-order chi connectivity index (χ0) is 20.9. The van der Waals surface area contributed by atoms with Crippen molar-refractivity contribution in [3.8, 4) is 11.6 Å². The molecule has 0 fully saturated rings. The number of pyridine rings is 1. The number of halogens is 2. The van der Waals surface area contributed by atoms with Gasteiger partial charge in [-0.15, -0.1) is 0 Å². The van der Waals surface area contributed by atoms with E-state index in [1.807, 2.05) is 11.6 Å². The van der Waals surface area contributed by atoms with E-state index in [1.54, 1.807) is 59.4 Å². The Labute approximate surface area is 189 Å². The fraction of sp³-hybridized carbons (Fsp3) is 0.130. The molecule has 1 aliphatic heterocycles. The first kappa shape index (κ1) is 20.8. The van der Waals surface area contributed by atoms with E-state index in [-0.39, 0.29) is 11.8 Å². The largest absolute Gasteiger partial charge is 0.437 e. The number of hydrogen-bond acceptors (Lipinski definition) is 4. The van der Waals surface area contributed by atoms with Gasteiger partial charge in [-0.2, -0.15) is 0 Å². The second-order valence-corrected chi connectivity index (χ2v) is 8.59. The first-order valence-corrected chi connectivity index (χ1v) is 11.0. The lowest BCUT2D eigenvalue weighted by molar-refractivity contribution is 0.0865. The summed E-state index contributed by atoms with van der Waals surface area (Å²) in [5, 5.41) is 2.78. The van der Waals surface area contributed by atoms with Gasteiger partial charge < -0.3 is 4.74 Å². The van der Waals surface area contributed by atoms with Crippen LogP contribution in [0.1, 0.15) is 29.6 Å². The normalized spacial score (nSPS) is 15.6. The zero-order valence-electron chi connectivity index (χ0n) is 15.9. The van der Waals surface area contributed by atoms with E-state index in [2.05, 4.69) is 23.2 Å². The molecule has 2 heterocycles. The maximum absolute atomic E-state index is 13.2. The molecule has 0 atom stereocenters. The van der Waals surface area contributed by atoms with E-state index in [9.17, 15) is 4.79 Å². The van der Waals surface area contributed by atoms with E-state index in [4.69, 9.17) is 27.9 Å². The van der Waals surface area contributed by atoms with E-state index < -0.39 is 0 Å². The number of benzene rings is 1. The minimum absolute atomic E-state index is 0.174. The lowest BCUT2D eigenvalue weighted by Crippen LogP contribution is -2.22. The molecule has 4 rings (SSSR count). The van der Waals surface area contributed by atoms with Gasteiger partial charge in [0.05, 0.1) is 5.02 Å². The fourth-order valence-electron chi connectivity index (χ4n) is 3.08. The lowest BCUT2D eigenvalue weighted by Gasteiger charge is -2.21. The van der Waals surface area contributed by atoms with Crippen LogP contribution in [0.2, 0.25) is 10.0 Å². The Balaban J connectivity index is 1.56. The molecular formula is C23H18Cl2N2O2S. The molecule has 4 nitrogen and oxygen atoms in total. The summed E-state index contributed by atoms with van der Waals surface area (Å²) in [5.41, 5.74) is 1.69. The topological polar surface area (TPSA) is 42.4 Å². The van der Waals surface area contributed by atoms with Crippen LogP contribution >= 0.6 is 35.0 Å². The van der Waals surface area contributed by atoms with Gasteiger partial charge in [0.25, 0.3) is 5.91 Å². The number of carbonyl (C=O) groups is 1. The van der Waals surface area contributed by atoms with E-state index in [0.717, 1.165) is 24.2 Å². The van der Waals surface area contributed by atoms with Crippen LogP contribution in [-0.2, 0) is 0 Å². The van der Waals surface area contributed by atoms with Crippen LogP contribution in [-0.4, -0.2) is 15.8 Å². The number of nitrogens with zero attached hydrogens (tertiary/aromatic N) is 2. The predicted octanol–water partition coefficient (Wildman–Crippen LogP) is 7.35. The molecule has 0 N–H and O–H groups in total. The minimum atomic E-state index is -0.233. The quantitative estimate of drug-likeness (QED) is 0.471. The molecule has 1 aromatic heterocycles.